The van der Waals surface area contributed by atoms with E-state index in [4.69, 9.17) is 4.98 Å². The monoisotopic (exact) mass is 327 g/mol. The summed E-state index contributed by atoms with van der Waals surface area (Å²) in [5.74, 6) is 0.925. The van der Waals surface area contributed by atoms with Crippen molar-refractivity contribution in [1.29, 1.82) is 0 Å². The summed E-state index contributed by atoms with van der Waals surface area (Å²) in [6, 6.07) is 18.5. The smallest absolute Gasteiger partial charge is 0.215 e. The molecule has 2 heterocycles. The van der Waals surface area contributed by atoms with E-state index in [1.165, 1.54) is 0 Å². The van der Waals surface area contributed by atoms with Gasteiger partial charge < -0.3 is 9.67 Å². The Labute approximate surface area is 140 Å². The molecule has 0 spiro atoms. The molecule has 0 amide bonds. The Kier molecular flexibility index (Phi) is 4.37. The second kappa shape index (κ2) is 6.44. The average molecular weight is 328 g/mol. The molecule has 4 nitrogen and oxygen atoms in total. The molecule has 2 aromatic heterocycles. The van der Waals surface area contributed by atoms with Gasteiger partial charge in [-0.3, -0.25) is 4.40 Å². The van der Waals surface area contributed by atoms with E-state index in [9.17, 15) is 5.11 Å². The highest BCUT2D eigenvalue weighted by Crippen LogP contribution is 2.26. The number of hydrogen-bond acceptors (Lipinski definition) is 2. The van der Waals surface area contributed by atoms with Crippen molar-refractivity contribution in [2.24, 2.45) is 0 Å². The van der Waals surface area contributed by atoms with Crippen LogP contribution in [0.4, 0.5) is 0 Å². The van der Waals surface area contributed by atoms with Gasteiger partial charge in [-0.2, -0.15) is 0 Å². The number of halogens is 1. The van der Waals surface area contributed by atoms with Crippen LogP contribution in [0.3, 0.4) is 0 Å². The predicted molar refractivity (Wildman–Crippen MR) is 95.1 cm³/mol. The summed E-state index contributed by atoms with van der Waals surface area (Å²) in [7, 11) is 0. The first-order valence-electron chi connectivity index (χ1n) is 7.51. The third-order valence-corrected chi connectivity index (χ3v) is 3.97. The first-order chi connectivity index (χ1) is 10.9. The van der Waals surface area contributed by atoms with Gasteiger partial charge in [-0.1, -0.05) is 42.5 Å². The minimum atomic E-state index is 0. The number of hydrogen-bond donors (Lipinski definition) is 1. The minimum absolute atomic E-state index is 0. The molecular formula is C18H18ClN3O. The van der Waals surface area contributed by atoms with Crippen molar-refractivity contribution in [2.45, 2.75) is 13.0 Å². The molecule has 0 fully saturated rings. The van der Waals surface area contributed by atoms with Crippen molar-refractivity contribution in [3.05, 3.63) is 60.8 Å². The Balaban J connectivity index is 0.00000156. The largest absolute Gasteiger partial charge is 0.396 e. The number of benzene rings is 2. The van der Waals surface area contributed by atoms with Gasteiger partial charge in [-0.15, -0.1) is 12.4 Å². The van der Waals surface area contributed by atoms with Crippen LogP contribution >= 0.6 is 12.4 Å². The van der Waals surface area contributed by atoms with Gasteiger partial charge in [0.05, 0.1) is 16.7 Å². The first kappa shape index (κ1) is 15.6. The van der Waals surface area contributed by atoms with Crippen LogP contribution in [-0.4, -0.2) is 25.7 Å². The fraction of sp³-hybridized carbons (Fsp3) is 0.167. The quantitative estimate of drug-likeness (QED) is 0.620. The van der Waals surface area contributed by atoms with Crippen LogP contribution in [0, 0.1) is 0 Å². The predicted octanol–water partition coefficient (Wildman–Crippen LogP) is 3.76. The lowest BCUT2D eigenvalue weighted by Crippen LogP contribution is -2.02. The molecule has 4 aromatic rings. The summed E-state index contributed by atoms with van der Waals surface area (Å²) in [5.41, 5.74) is 4.39. The molecule has 4 rings (SSSR count). The fourth-order valence-corrected chi connectivity index (χ4v) is 2.94. The van der Waals surface area contributed by atoms with Crippen LogP contribution in [0.2, 0.25) is 0 Å². The molecule has 0 bridgehead atoms. The molecule has 0 saturated carbocycles. The highest BCUT2D eigenvalue weighted by Gasteiger charge is 2.14. The number of aryl methyl sites for hydroxylation is 1. The van der Waals surface area contributed by atoms with Gasteiger partial charge in [0.2, 0.25) is 5.78 Å². The van der Waals surface area contributed by atoms with Gasteiger partial charge in [0.1, 0.15) is 0 Å². The minimum Gasteiger partial charge on any atom is -0.396 e. The van der Waals surface area contributed by atoms with E-state index < -0.39 is 0 Å². The standard InChI is InChI=1S/C18H17N3O.ClH/c22-12-6-11-20-17(14-7-2-1-3-8-14)13-21-16-10-5-4-9-15(16)19-18(20)21;/h1-5,7-10,13,22H,6,11-12H2;1H. The molecule has 0 unspecified atom stereocenters. The maximum Gasteiger partial charge on any atom is 0.215 e. The van der Waals surface area contributed by atoms with Gasteiger partial charge in [0, 0.05) is 19.3 Å². The van der Waals surface area contributed by atoms with Gasteiger partial charge >= 0.3 is 0 Å². The summed E-state index contributed by atoms with van der Waals surface area (Å²) < 4.78 is 4.32. The Hall–Kier alpha value is -2.30. The van der Waals surface area contributed by atoms with Crippen molar-refractivity contribution in [2.75, 3.05) is 6.61 Å². The Bertz CT molecular complexity index is 927. The molecule has 0 aliphatic rings. The van der Waals surface area contributed by atoms with Crippen molar-refractivity contribution >= 4 is 29.2 Å². The van der Waals surface area contributed by atoms with Crippen molar-refractivity contribution in [3.63, 3.8) is 0 Å². The first-order valence-corrected chi connectivity index (χ1v) is 7.51. The zero-order chi connectivity index (χ0) is 14.9. The summed E-state index contributed by atoms with van der Waals surface area (Å²) in [6.45, 7) is 0.930. The van der Waals surface area contributed by atoms with Gasteiger partial charge in [-0.05, 0) is 24.1 Å². The molecule has 5 heteroatoms. The van der Waals surface area contributed by atoms with Crippen molar-refractivity contribution in [1.82, 2.24) is 14.0 Å². The number of para-hydroxylation sites is 2. The number of fused-ring (bicyclic) bond motifs is 3. The summed E-state index contributed by atoms with van der Waals surface area (Å²) >= 11 is 0. The molecule has 1 N–H and O–H groups in total. The molecule has 23 heavy (non-hydrogen) atoms. The molecule has 118 valence electrons. The lowest BCUT2D eigenvalue weighted by Gasteiger charge is -2.07. The number of imidazole rings is 2. The van der Waals surface area contributed by atoms with Crippen molar-refractivity contribution < 1.29 is 5.11 Å². The fourth-order valence-electron chi connectivity index (χ4n) is 2.94. The van der Waals surface area contributed by atoms with E-state index in [-0.39, 0.29) is 19.0 Å². The van der Waals surface area contributed by atoms with Gasteiger partial charge in [0.15, 0.2) is 0 Å². The number of aromatic nitrogens is 3. The van der Waals surface area contributed by atoms with Crippen LogP contribution < -0.4 is 0 Å². The molecule has 0 radical (unpaired) electrons. The zero-order valence-electron chi connectivity index (χ0n) is 12.6. The molecule has 0 atom stereocenters. The number of nitrogens with zero attached hydrogens (tertiary/aromatic N) is 3. The van der Waals surface area contributed by atoms with Crippen LogP contribution in [0.15, 0.2) is 60.8 Å². The van der Waals surface area contributed by atoms with Gasteiger partial charge in [-0.25, -0.2) is 4.98 Å². The highest BCUT2D eigenvalue weighted by atomic mass is 35.5. The molecule has 0 aliphatic heterocycles. The van der Waals surface area contributed by atoms with Crippen LogP contribution in [0.5, 0.6) is 0 Å². The van der Waals surface area contributed by atoms with E-state index in [0.717, 1.165) is 34.6 Å². The summed E-state index contributed by atoms with van der Waals surface area (Å²) in [4.78, 5) is 4.76. The Morgan fingerprint density at radius 2 is 1.70 bits per heavy atom. The van der Waals surface area contributed by atoms with E-state index in [2.05, 4.69) is 33.4 Å². The molecular weight excluding hydrogens is 310 g/mol. The van der Waals surface area contributed by atoms with Crippen molar-refractivity contribution in [3.8, 4) is 11.3 Å². The number of rotatable bonds is 4. The number of aliphatic hydroxyl groups is 1. The Morgan fingerprint density at radius 1 is 0.957 bits per heavy atom. The molecule has 2 aromatic carbocycles. The lowest BCUT2D eigenvalue weighted by molar-refractivity contribution is 0.280. The van der Waals surface area contributed by atoms with E-state index in [1.807, 2.05) is 36.4 Å². The van der Waals surface area contributed by atoms with E-state index in [0.29, 0.717) is 6.42 Å². The van der Waals surface area contributed by atoms with Crippen LogP contribution in [0.1, 0.15) is 6.42 Å². The number of aliphatic hydroxyl groups excluding tert-OH is 1. The Morgan fingerprint density at radius 3 is 2.48 bits per heavy atom. The van der Waals surface area contributed by atoms with E-state index in [1.54, 1.807) is 0 Å². The third kappa shape index (κ3) is 2.60. The van der Waals surface area contributed by atoms with Crippen LogP contribution in [0.25, 0.3) is 28.1 Å². The molecule has 0 saturated heterocycles. The topological polar surface area (TPSA) is 42.5 Å². The summed E-state index contributed by atoms with van der Waals surface area (Å²) in [5, 5.41) is 9.20. The summed E-state index contributed by atoms with van der Waals surface area (Å²) in [6.07, 6.45) is 2.85. The van der Waals surface area contributed by atoms with Crippen LogP contribution in [-0.2, 0) is 6.54 Å². The highest BCUT2D eigenvalue weighted by molar-refractivity contribution is 5.85. The normalized spacial score (nSPS) is 11.0. The van der Waals surface area contributed by atoms with E-state index >= 15 is 0 Å². The second-order valence-electron chi connectivity index (χ2n) is 5.38. The average Bonchev–Trinajstić information content (AvgIpc) is 3.10. The maximum atomic E-state index is 9.20. The zero-order valence-corrected chi connectivity index (χ0v) is 13.4. The second-order valence-corrected chi connectivity index (χ2v) is 5.38. The van der Waals surface area contributed by atoms with Gasteiger partial charge in [0.25, 0.3) is 0 Å². The maximum absolute atomic E-state index is 9.20. The molecule has 0 aliphatic carbocycles. The SMILES string of the molecule is Cl.OCCCn1c(-c2ccccc2)cn2c3ccccc3nc12. The third-order valence-electron chi connectivity index (χ3n) is 3.97. The lowest BCUT2D eigenvalue weighted by atomic mass is 10.1.